The molecular weight excluding hydrogens is 240 g/mol. The molecule has 0 aromatic heterocycles. The van der Waals surface area contributed by atoms with E-state index < -0.39 is 0 Å². The van der Waals surface area contributed by atoms with Gasteiger partial charge >= 0.3 is 0 Å². The third-order valence-corrected chi connectivity index (χ3v) is 4.05. The lowest BCUT2D eigenvalue weighted by atomic mass is 9.85. The molecule has 3 nitrogen and oxygen atoms in total. The van der Waals surface area contributed by atoms with Gasteiger partial charge in [-0.15, -0.1) is 0 Å². The highest BCUT2D eigenvalue weighted by Crippen LogP contribution is 2.39. The molecule has 2 aliphatic rings. The van der Waals surface area contributed by atoms with Gasteiger partial charge in [0.05, 0.1) is 6.61 Å². The van der Waals surface area contributed by atoms with Crippen LogP contribution in [0.2, 0.25) is 0 Å². The molecule has 0 aliphatic carbocycles. The van der Waals surface area contributed by atoms with Gasteiger partial charge < -0.3 is 9.47 Å². The van der Waals surface area contributed by atoms with Crippen LogP contribution in [0.1, 0.15) is 49.0 Å². The minimum atomic E-state index is -0.253. The standard InChI is InChI=1S/C16H20O3/c1-16(2)10-19-13-7-6-11(9-12(13)16)15(17)14-5-3-4-8-18-14/h6-7,9,14H,3-5,8,10H2,1-2H3. The van der Waals surface area contributed by atoms with Crippen LogP contribution in [0.15, 0.2) is 18.2 Å². The zero-order valence-corrected chi connectivity index (χ0v) is 11.6. The zero-order valence-electron chi connectivity index (χ0n) is 11.6. The molecule has 0 radical (unpaired) electrons. The van der Waals surface area contributed by atoms with Gasteiger partial charge in [-0.2, -0.15) is 0 Å². The van der Waals surface area contributed by atoms with E-state index in [0.717, 1.165) is 36.1 Å². The Morgan fingerprint density at radius 1 is 1.32 bits per heavy atom. The summed E-state index contributed by atoms with van der Waals surface area (Å²) in [6, 6.07) is 5.77. The highest BCUT2D eigenvalue weighted by atomic mass is 16.5. The van der Waals surface area contributed by atoms with Crippen molar-refractivity contribution >= 4 is 5.78 Å². The van der Waals surface area contributed by atoms with Crippen molar-refractivity contribution in [3.05, 3.63) is 29.3 Å². The van der Waals surface area contributed by atoms with Crippen LogP contribution in [0.3, 0.4) is 0 Å². The molecule has 2 aliphatic heterocycles. The van der Waals surface area contributed by atoms with Crippen LogP contribution in [-0.2, 0) is 10.2 Å². The van der Waals surface area contributed by atoms with E-state index in [-0.39, 0.29) is 17.3 Å². The molecule has 0 N–H and O–H groups in total. The third-order valence-electron chi connectivity index (χ3n) is 4.05. The van der Waals surface area contributed by atoms with Gasteiger partial charge in [-0.1, -0.05) is 13.8 Å². The van der Waals surface area contributed by atoms with Gasteiger partial charge in [0.25, 0.3) is 0 Å². The quantitative estimate of drug-likeness (QED) is 0.766. The Bertz CT molecular complexity index is 499. The van der Waals surface area contributed by atoms with Crippen molar-refractivity contribution < 1.29 is 14.3 Å². The number of hydrogen-bond acceptors (Lipinski definition) is 3. The van der Waals surface area contributed by atoms with Crippen LogP contribution in [0.5, 0.6) is 5.75 Å². The molecule has 0 bridgehead atoms. The van der Waals surface area contributed by atoms with E-state index in [1.54, 1.807) is 0 Å². The Morgan fingerprint density at radius 2 is 2.16 bits per heavy atom. The number of Topliss-reactive ketones (excluding diaryl/α,β-unsaturated/α-hetero) is 1. The molecule has 1 atom stereocenters. The highest BCUT2D eigenvalue weighted by molar-refractivity contribution is 6.00. The van der Waals surface area contributed by atoms with Gasteiger partial charge in [-0.3, -0.25) is 4.79 Å². The number of benzene rings is 1. The number of ketones is 1. The predicted octanol–water partition coefficient (Wildman–Crippen LogP) is 3.11. The minimum Gasteiger partial charge on any atom is -0.492 e. The first-order valence-electron chi connectivity index (χ1n) is 7.01. The molecule has 1 unspecified atom stereocenters. The van der Waals surface area contributed by atoms with Crippen LogP contribution < -0.4 is 4.74 Å². The number of ether oxygens (including phenoxy) is 2. The van der Waals surface area contributed by atoms with Crippen LogP contribution in [0, 0.1) is 0 Å². The van der Waals surface area contributed by atoms with Gasteiger partial charge in [0.15, 0.2) is 5.78 Å². The summed E-state index contributed by atoms with van der Waals surface area (Å²) in [5.41, 5.74) is 1.87. The fourth-order valence-corrected chi connectivity index (χ4v) is 2.81. The van der Waals surface area contributed by atoms with Crippen molar-refractivity contribution in [3.63, 3.8) is 0 Å². The van der Waals surface area contributed by atoms with Crippen molar-refractivity contribution in [1.82, 2.24) is 0 Å². The number of carbonyl (C=O) groups excluding carboxylic acids is 1. The summed E-state index contributed by atoms with van der Waals surface area (Å²) < 4.78 is 11.2. The van der Waals surface area contributed by atoms with Crippen LogP contribution in [-0.4, -0.2) is 25.1 Å². The van der Waals surface area contributed by atoms with Crippen LogP contribution >= 0.6 is 0 Å². The number of hydrogen-bond donors (Lipinski definition) is 0. The van der Waals surface area contributed by atoms with Gasteiger partial charge in [0.2, 0.25) is 0 Å². The fraction of sp³-hybridized carbons (Fsp3) is 0.562. The first-order valence-corrected chi connectivity index (χ1v) is 7.01. The van der Waals surface area contributed by atoms with Crippen LogP contribution in [0.25, 0.3) is 0 Å². The molecule has 2 heterocycles. The lowest BCUT2D eigenvalue weighted by molar-refractivity contribution is 0.0186. The average molecular weight is 260 g/mol. The maximum atomic E-state index is 12.4. The Morgan fingerprint density at radius 3 is 2.89 bits per heavy atom. The van der Waals surface area contributed by atoms with Gasteiger partial charge in [0.1, 0.15) is 11.9 Å². The van der Waals surface area contributed by atoms with E-state index in [4.69, 9.17) is 9.47 Å². The van der Waals surface area contributed by atoms with Crippen molar-refractivity contribution in [3.8, 4) is 5.75 Å². The average Bonchev–Trinajstić information content (AvgIpc) is 2.74. The number of fused-ring (bicyclic) bond motifs is 1. The molecule has 0 saturated carbocycles. The Hall–Kier alpha value is -1.35. The second kappa shape index (κ2) is 4.64. The van der Waals surface area contributed by atoms with Crippen LogP contribution in [0.4, 0.5) is 0 Å². The van der Waals surface area contributed by atoms with Crippen molar-refractivity contribution in [2.75, 3.05) is 13.2 Å². The van der Waals surface area contributed by atoms with Gasteiger partial charge in [-0.25, -0.2) is 0 Å². The number of carbonyl (C=O) groups is 1. The molecule has 0 spiro atoms. The lowest BCUT2D eigenvalue weighted by Gasteiger charge is -2.22. The molecular formula is C16H20O3. The summed E-state index contributed by atoms with van der Waals surface area (Å²) in [4.78, 5) is 12.4. The van der Waals surface area contributed by atoms with Crippen molar-refractivity contribution in [2.45, 2.75) is 44.6 Å². The van der Waals surface area contributed by atoms with Gasteiger partial charge in [-0.05, 0) is 37.5 Å². The second-order valence-corrected chi connectivity index (χ2v) is 6.10. The highest BCUT2D eigenvalue weighted by Gasteiger charge is 2.33. The molecule has 19 heavy (non-hydrogen) atoms. The smallest absolute Gasteiger partial charge is 0.191 e. The largest absolute Gasteiger partial charge is 0.492 e. The summed E-state index contributed by atoms with van der Waals surface area (Å²) in [6.45, 7) is 5.67. The van der Waals surface area contributed by atoms with Crippen molar-refractivity contribution in [1.29, 1.82) is 0 Å². The molecule has 3 heteroatoms. The maximum absolute atomic E-state index is 12.4. The predicted molar refractivity (Wildman–Crippen MR) is 72.9 cm³/mol. The Labute approximate surface area is 113 Å². The normalized spacial score (nSPS) is 24.6. The van der Waals surface area contributed by atoms with E-state index in [0.29, 0.717) is 13.2 Å². The molecule has 1 saturated heterocycles. The number of rotatable bonds is 2. The molecule has 3 rings (SSSR count). The summed E-state index contributed by atoms with van der Waals surface area (Å²) in [7, 11) is 0. The fourth-order valence-electron chi connectivity index (χ4n) is 2.81. The lowest BCUT2D eigenvalue weighted by Crippen LogP contribution is -2.28. The SMILES string of the molecule is CC1(C)COc2ccc(C(=O)C3CCCCO3)cc21. The summed E-state index contributed by atoms with van der Waals surface area (Å²) in [5.74, 6) is 1.02. The minimum absolute atomic E-state index is 0.0148. The second-order valence-electron chi connectivity index (χ2n) is 6.10. The first-order chi connectivity index (χ1) is 9.08. The van der Waals surface area contributed by atoms with E-state index in [2.05, 4.69) is 13.8 Å². The molecule has 102 valence electrons. The molecule has 1 aromatic carbocycles. The van der Waals surface area contributed by atoms with E-state index >= 15 is 0 Å². The molecule has 1 aromatic rings. The maximum Gasteiger partial charge on any atom is 0.191 e. The molecule has 1 fully saturated rings. The van der Waals surface area contributed by atoms with Gasteiger partial charge in [0, 0.05) is 23.1 Å². The Balaban J connectivity index is 1.88. The topological polar surface area (TPSA) is 35.5 Å². The van der Waals surface area contributed by atoms with E-state index in [1.807, 2.05) is 18.2 Å². The first kappa shape index (κ1) is 12.7. The third kappa shape index (κ3) is 2.27. The summed E-state index contributed by atoms with van der Waals surface area (Å²) in [5, 5.41) is 0. The monoisotopic (exact) mass is 260 g/mol. The summed E-state index contributed by atoms with van der Waals surface area (Å²) in [6.07, 6.45) is 2.73. The van der Waals surface area contributed by atoms with Crippen molar-refractivity contribution in [2.24, 2.45) is 0 Å². The van der Waals surface area contributed by atoms with E-state index in [9.17, 15) is 4.79 Å². The Kier molecular flexibility index (Phi) is 3.09. The molecule has 0 amide bonds. The van der Waals surface area contributed by atoms with E-state index in [1.165, 1.54) is 0 Å². The zero-order chi connectivity index (χ0) is 13.5. The summed E-state index contributed by atoms with van der Waals surface area (Å²) >= 11 is 0.